The van der Waals surface area contributed by atoms with Gasteiger partial charge in [0.05, 0.1) is 18.8 Å². The number of hydrogen-bond acceptors (Lipinski definition) is 4. The molecule has 1 fully saturated rings. The van der Waals surface area contributed by atoms with Crippen molar-refractivity contribution >= 4 is 11.8 Å². The van der Waals surface area contributed by atoms with Crippen molar-refractivity contribution in [2.45, 2.75) is 45.4 Å². The lowest BCUT2D eigenvalue weighted by atomic mass is 9.97. The van der Waals surface area contributed by atoms with E-state index in [9.17, 15) is 4.79 Å². The third-order valence-electron chi connectivity index (χ3n) is 4.86. The molecule has 1 aromatic heterocycles. The van der Waals surface area contributed by atoms with Crippen LogP contribution in [0.3, 0.4) is 0 Å². The van der Waals surface area contributed by atoms with Crippen LogP contribution in [0, 0.1) is 0 Å². The van der Waals surface area contributed by atoms with E-state index in [2.05, 4.69) is 42.9 Å². The zero-order chi connectivity index (χ0) is 15.4. The van der Waals surface area contributed by atoms with Gasteiger partial charge in [-0.3, -0.25) is 10.00 Å². The number of nitrogens with one attached hydrogen (secondary N) is 1. The zero-order valence-electron chi connectivity index (χ0n) is 13.2. The van der Waals surface area contributed by atoms with Crippen LogP contribution in [0.2, 0.25) is 0 Å². The Morgan fingerprint density at radius 1 is 1.43 bits per heavy atom. The quantitative estimate of drug-likeness (QED) is 0.742. The smallest absolute Gasteiger partial charge is 0.321 e. The molecule has 1 saturated heterocycles. The summed E-state index contributed by atoms with van der Waals surface area (Å²) in [4.78, 5) is 19.0. The Kier molecular flexibility index (Phi) is 3.12. The standard InChI is InChI=1S/C14H24N6O/c1-9-5-18(4)14(2,3)8-20(9)13(21)19-6-10-11(7-19)16-17-12(10)15/h9H,5-8H2,1-4H3,(H3,15,16,17)/t9-/m0/s1. The first-order valence-electron chi connectivity index (χ1n) is 7.38. The summed E-state index contributed by atoms with van der Waals surface area (Å²) >= 11 is 0. The molecule has 1 atom stereocenters. The second kappa shape index (κ2) is 4.62. The SMILES string of the molecule is C[C@H]1CN(C)C(C)(C)CN1C(=O)N1Cc2[nH]nc(N)c2C1. The minimum Gasteiger partial charge on any atom is -0.382 e. The summed E-state index contributed by atoms with van der Waals surface area (Å²) < 4.78 is 0. The molecule has 3 heterocycles. The van der Waals surface area contributed by atoms with Crippen LogP contribution in [0.1, 0.15) is 32.0 Å². The van der Waals surface area contributed by atoms with E-state index in [0.717, 1.165) is 24.3 Å². The number of anilines is 1. The number of urea groups is 1. The fraction of sp³-hybridized carbons (Fsp3) is 0.714. The molecular formula is C14H24N6O. The van der Waals surface area contributed by atoms with Gasteiger partial charge in [0.1, 0.15) is 0 Å². The molecule has 7 heteroatoms. The van der Waals surface area contributed by atoms with E-state index in [1.54, 1.807) is 0 Å². The van der Waals surface area contributed by atoms with Crippen molar-refractivity contribution in [2.75, 3.05) is 25.9 Å². The molecule has 0 radical (unpaired) electrons. The Bertz CT molecular complexity index is 566. The maximum atomic E-state index is 12.8. The Morgan fingerprint density at radius 2 is 2.14 bits per heavy atom. The van der Waals surface area contributed by atoms with Gasteiger partial charge in [-0.15, -0.1) is 0 Å². The van der Waals surface area contributed by atoms with Crippen molar-refractivity contribution in [3.8, 4) is 0 Å². The highest BCUT2D eigenvalue weighted by Crippen LogP contribution is 2.29. The van der Waals surface area contributed by atoms with Crippen LogP contribution < -0.4 is 5.73 Å². The monoisotopic (exact) mass is 292 g/mol. The molecular weight excluding hydrogens is 268 g/mol. The fourth-order valence-electron chi connectivity index (χ4n) is 3.17. The number of carbonyl (C=O) groups excluding carboxylic acids is 1. The third kappa shape index (κ3) is 2.25. The summed E-state index contributed by atoms with van der Waals surface area (Å²) in [7, 11) is 2.12. The Labute approximate surface area is 125 Å². The Morgan fingerprint density at radius 3 is 2.81 bits per heavy atom. The molecule has 0 aromatic carbocycles. The first-order valence-corrected chi connectivity index (χ1v) is 7.38. The molecule has 2 aliphatic heterocycles. The van der Waals surface area contributed by atoms with Crippen LogP contribution in [0.4, 0.5) is 10.6 Å². The molecule has 2 aliphatic rings. The molecule has 1 aromatic rings. The van der Waals surface area contributed by atoms with Crippen molar-refractivity contribution in [3.05, 3.63) is 11.3 Å². The topological polar surface area (TPSA) is 81.5 Å². The molecule has 3 N–H and O–H groups in total. The Balaban J connectivity index is 1.74. The molecule has 0 bridgehead atoms. The molecule has 116 valence electrons. The number of aromatic amines is 1. The predicted octanol–water partition coefficient (Wildman–Crippen LogP) is 0.842. The molecule has 2 amide bonds. The van der Waals surface area contributed by atoms with Crippen molar-refractivity contribution in [3.63, 3.8) is 0 Å². The average molecular weight is 292 g/mol. The van der Waals surface area contributed by atoms with Crippen LogP contribution >= 0.6 is 0 Å². The number of rotatable bonds is 0. The van der Waals surface area contributed by atoms with Gasteiger partial charge in [0, 0.05) is 30.2 Å². The number of nitrogen functional groups attached to an aromatic ring is 1. The summed E-state index contributed by atoms with van der Waals surface area (Å²) in [5.41, 5.74) is 7.74. The van der Waals surface area contributed by atoms with E-state index >= 15 is 0 Å². The maximum Gasteiger partial charge on any atom is 0.321 e. The number of aromatic nitrogens is 2. The van der Waals surface area contributed by atoms with E-state index in [1.807, 2.05) is 9.80 Å². The lowest BCUT2D eigenvalue weighted by Gasteiger charge is -2.49. The lowest BCUT2D eigenvalue weighted by Crippen LogP contribution is -2.63. The number of piperazine rings is 1. The number of likely N-dealkylation sites (N-methyl/N-ethyl adjacent to an activating group) is 1. The molecule has 21 heavy (non-hydrogen) atoms. The normalized spacial score (nSPS) is 25.2. The van der Waals surface area contributed by atoms with Gasteiger partial charge in [0.25, 0.3) is 0 Å². The molecule has 0 saturated carbocycles. The number of hydrogen-bond donors (Lipinski definition) is 2. The number of fused-ring (bicyclic) bond motifs is 1. The summed E-state index contributed by atoms with van der Waals surface area (Å²) in [5, 5.41) is 6.90. The number of nitrogens with two attached hydrogens (primary N) is 1. The van der Waals surface area contributed by atoms with E-state index in [4.69, 9.17) is 5.73 Å². The highest BCUT2D eigenvalue weighted by atomic mass is 16.2. The summed E-state index contributed by atoms with van der Waals surface area (Å²) in [6.07, 6.45) is 0. The van der Waals surface area contributed by atoms with Crippen molar-refractivity contribution in [1.82, 2.24) is 24.9 Å². The number of nitrogens with zero attached hydrogens (tertiary/aromatic N) is 4. The van der Waals surface area contributed by atoms with Crippen molar-refractivity contribution in [2.24, 2.45) is 0 Å². The van der Waals surface area contributed by atoms with Gasteiger partial charge in [0.15, 0.2) is 5.82 Å². The average Bonchev–Trinajstić information content (AvgIpc) is 2.96. The van der Waals surface area contributed by atoms with E-state index < -0.39 is 0 Å². The van der Waals surface area contributed by atoms with Crippen LogP contribution in [0.25, 0.3) is 0 Å². The van der Waals surface area contributed by atoms with Crippen LogP contribution in [-0.4, -0.2) is 62.6 Å². The van der Waals surface area contributed by atoms with Gasteiger partial charge in [-0.05, 0) is 27.8 Å². The van der Waals surface area contributed by atoms with Gasteiger partial charge in [0.2, 0.25) is 0 Å². The second-order valence-electron chi connectivity index (χ2n) is 6.87. The summed E-state index contributed by atoms with van der Waals surface area (Å²) in [5.74, 6) is 0.507. The van der Waals surface area contributed by atoms with Gasteiger partial charge < -0.3 is 15.5 Å². The predicted molar refractivity (Wildman–Crippen MR) is 80.5 cm³/mol. The molecule has 0 spiro atoms. The highest BCUT2D eigenvalue weighted by molar-refractivity contribution is 5.76. The van der Waals surface area contributed by atoms with Crippen LogP contribution in [-0.2, 0) is 13.1 Å². The second-order valence-corrected chi connectivity index (χ2v) is 6.87. The number of carbonyl (C=O) groups is 1. The molecule has 0 unspecified atom stereocenters. The van der Waals surface area contributed by atoms with Crippen molar-refractivity contribution < 1.29 is 4.79 Å². The minimum absolute atomic E-state index is 0.00319. The van der Waals surface area contributed by atoms with Crippen LogP contribution in [0.5, 0.6) is 0 Å². The van der Waals surface area contributed by atoms with Gasteiger partial charge in [-0.25, -0.2) is 4.79 Å². The Hall–Kier alpha value is -1.76. The van der Waals surface area contributed by atoms with Crippen LogP contribution in [0.15, 0.2) is 0 Å². The number of amides is 2. The van der Waals surface area contributed by atoms with Crippen molar-refractivity contribution in [1.29, 1.82) is 0 Å². The number of H-pyrrole nitrogens is 1. The van der Waals surface area contributed by atoms with Gasteiger partial charge in [-0.2, -0.15) is 5.10 Å². The largest absolute Gasteiger partial charge is 0.382 e. The summed E-state index contributed by atoms with van der Waals surface area (Å²) in [6.45, 7) is 9.20. The molecule has 3 rings (SSSR count). The maximum absolute atomic E-state index is 12.8. The lowest BCUT2D eigenvalue weighted by molar-refractivity contribution is 0.0158. The highest BCUT2D eigenvalue weighted by Gasteiger charge is 2.40. The van der Waals surface area contributed by atoms with E-state index in [-0.39, 0.29) is 17.6 Å². The van der Waals surface area contributed by atoms with Gasteiger partial charge >= 0.3 is 6.03 Å². The third-order valence-corrected chi connectivity index (χ3v) is 4.86. The van der Waals surface area contributed by atoms with Gasteiger partial charge in [-0.1, -0.05) is 0 Å². The first-order chi connectivity index (χ1) is 9.79. The minimum atomic E-state index is -0.00319. The van der Waals surface area contributed by atoms with E-state index in [0.29, 0.717) is 18.9 Å². The summed E-state index contributed by atoms with van der Waals surface area (Å²) in [6, 6.07) is 0.303. The van der Waals surface area contributed by atoms with E-state index in [1.165, 1.54) is 0 Å². The first kappa shape index (κ1) is 14.2. The zero-order valence-corrected chi connectivity index (χ0v) is 13.2. The fourth-order valence-corrected chi connectivity index (χ4v) is 3.17. The molecule has 0 aliphatic carbocycles. The molecule has 7 nitrogen and oxygen atoms in total.